The first kappa shape index (κ1) is 24.7. The first-order valence-corrected chi connectivity index (χ1v) is 11.7. The van der Waals surface area contributed by atoms with E-state index in [1.165, 1.54) is 4.90 Å². The van der Waals surface area contributed by atoms with Crippen molar-refractivity contribution in [2.45, 2.75) is 59.4 Å². The summed E-state index contributed by atoms with van der Waals surface area (Å²) in [4.78, 5) is 46.1. The van der Waals surface area contributed by atoms with Crippen LogP contribution < -0.4 is 0 Å². The smallest absolute Gasteiger partial charge is 0.309 e. The molecule has 3 heterocycles. The van der Waals surface area contributed by atoms with Gasteiger partial charge in [0.1, 0.15) is 0 Å². The van der Waals surface area contributed by atoms with Crippen LogP contribution in [0.1, 0.15) is 75.5 Å². The number of piperidine rings is 1. The van der Waals surface area contributed by atoms with Crippen LogP contribution >= 0.6 is 0 Å². The van der Waals surface area contributed by atoms with Crippen LogP contribution in [0.3, 0.4) is 0 Å². The van der Waals surface area contributed by atoms with E-state index in [4.69, 9.17) is 9.72 Å². The van der Waals surface area contributed by atoms with Crippen molar-refractivity contribution in [1.29, 1.82) is 0 Å². The van der Waals surface area contributed by atoms with E-state index < -0.39 is 0 Å². The first-order chi connectivity index (χ1) is 15.6. The van der Waals surface area contributed by atoms with Crippen molar-refractivity contribution >= 4 is 28.8 Å². The maximum Gasteiger partial charge on any atom is 0.309 e. The number of rotatable bonds is 7. The van der Waals surface area contributed by atoms with Gasteiger partial charge < -0.3 is 14.5 Å². The van der Waals surface area contributed by atoms with Crippen LogP contribution in [0.25, 0.3) is 11.0 Å². The topological polar surface area (TPSA) is 97.6 Å². The van der Waals surface area contributed by atoms with E-state index in [0.29, 0.717) is 49.1 Å². The summed E-state index contributed by atoms with van der Waals surface area (Å²) < 4.78 is 6.91. The molecule has 1 fully saturated rings. The van der Waals surface area contributed by atoms with Gasteiger partial charge in [-0.2, -0.15) is 5.10 Å². The fourth-order valence-corrected chi connectivity index (χ4v) is 4.09. The SMILES string of the molecule is CCOC(=O)C1CCN(C(=O)CN(C)C(=O)c2cc(C(C)C)nc3c2cnn3C(C)C)CC1. The summed E-state index contributed by atoms with van der Waals surface area (Å²) in [7, 11) is 1.64. The molecule has 2 aromatic heterocycles. The van der Waals surface area contributed by atoms with Crippen LogP contribution in [0, 0.1) is 5.92 Å². The molecule has 1 saturated heterocycles. The Bertz CT molecular complexity index is 1020. The number of carbonyl (C=O) groups excluding carboxylic acids is 3. The Morgan fingerprint density at radius 3 is 2.42 bits per heavy atom. The van der Waals surface area contributed by atoms with Gasteiger partial charge in [0.25, 0.3) is 5.91 Å². The van der Waals surface area contributed by atoms with Gasteiger partial charge in [-0.1, -0.05) is 13.8 Å². The minimum absolute atomic E-state index is 0.0257. The molecule has 0 bridgehead atoms. The maximum absolute atomic E-state index is 13.4. The standard InChI is InChI=1S/C24H35N5O4/c1-7-33-24(32)17-8-10-28(11-9-17)21(30)14-27(6)23(31)18-12-20(15(2)3)26-22-19(18)13-25-29(22)16(4)5/h12-13,15-17H,7-11,14H2,1-6H3. The third-order valence-corrected chi connectivity index (χ3v) is 6.08. The van der Waals surface area contributed by atoms with Gasteiger partial charge in [-0.15, -0.1) is 0 Å². The van der Waals surface area contributed by atoms with E-state index in [2.05, 4.69) is 5.10 Å². The number of likely N-dealkylation sites (tertiary alicyclic amines) is 1. The van der Waals surface area contributed by atoms with Crippen LogP contribution in [-0.4, -0.2) is 75.6 Å². The number of hydrogen-bond acceptors (Lipinski definition) is 6. The number of ether oxygens (including phenoxy) is 1. The van der Waals surface area contributed by atoms with Crippen LogP contribution in [0.4, 0.5) is 0 Å². The van der Waals surface area contributed by atoms with Crippen LogP contribution in [0.5, 0.6) is 0 Å². The zero-order valence-electron chi connectivity index (χ0n) is 20.5. The number of amides is 2. The highest BCUT2D eigenvalue weighted by Crippen LogP contribution is 2.25. The summed E-state index contributed by atoms with van der Waals surface area (Å²) >= 11 is 0. The first-order valence-electron chi connectivity index (χ1n) is 11.7. The monoisotopic (exact) mass is 457 g/mol. The van der Waals surface area contributed by atoms with Gasteiger partial charge in [0, 0.05) is 31.9 Å². The van der Waals surface area contributed by atoms with E-state index in [9.17, 15) is 14.4 Å². The Hall–Kier alpha value is -2.97. The van der Waals surface area contributed by atoms with Gasteiger partial charge >= 0.3 is 5.97 Å². The molecule has 0 saturated carbocycles. The van der Waals surface area contributed by atoms with Crippen molar-refractivity contribution in [3.05, 3.63) is 23.5 Å². The number of nitrogens with zero attached hydrogens (tertiary/aromatic N) is 5. The van der Waals surface area contributed by atoms with Crippen molar-refractivity contribution in [3.63, 3.8) is 0 Å². The molecule has 0 spiro atoms. The number of aromatic nitrogens is 3. The van der Waals surface area contributed by atoms with Crippen LogP contribution in [0.2, 0.25) is 0 Å². The fraction of sp³-hybridized carbons (Fsp3) is 0.625. The lowest BCUT2D eigenvalue weighted by atomic mass is 9.97. The number of hydrogen-bond donors (Lipinski definition) is 0. The Labute approximate surface area is 195 Å². The van der Waals surface area contributed by atoms with Gasteiger partial charge in [0.05, 0.1) is 36.2 Å². The van der Waals surface area contributed by atoms with Gasteiger partial charge in [-0.25, -0.2) is 9.67 Å². The van der Waals surface area contributed by atoms with E-state index in [0.717, 1.165) is 5.69 Å². The molecule has 0 N–H and O–H groups in total. The van der Waals surface area contributed by atoms with E-state index in [-0.39, 0.29) is 42.2 Å². The van der Waals surface area contributed by atoms with Crippen LogP contribution in [-0.2, 0) is 14.3 Å². The Morgan fingerprint density at radius 1 is 1.18 bits per heavy atom. The van der Waals surface area contributed by atoms with E-state index in [1.807, 2.05) is 38.4 Å². The average molecular weight is 458 g/mol. The third-order valence-electron chi connectivity index (χ3n) is 6.08. The highest BCUT2D eigenvalue weighted by molar-refractivity contribution is 6.06. The molecule has 0 radical (unpaired) electrons. The zero-order valence-corrected chi connectivity index (χ0v) is 20.5. The summed E-state index contributed by atoms with van der Waals surface area (Å²) in [6.07, 6.45) is 2.84. The molecule has 9 heteroatoms. The molecule has 3 rings (SSSR count). The Balaban J connectivity index is 1.74. The predicted octanol–water partition coefficient (Wildman–Crippen LogP) is 3.01. The van der Waals surface area contributed by atoms with Gasteiger partial charge in [0.2, 0.25) is 5.91 Å². The third kappa shape index (κ3) is 5.34. The van der Waals surface area contributed by atoms with Gasteiger partial charge in [0.15, 0.2) is 5.65 Å². The Morgan fingerprint density at radius 2 is 1.85 bits per heavy atom. The van der Waals surface area contributed by atoms with Crippen molar-refractivity contribution < 1.29 is 19.1 Å². The number of carbonyl (C=O) groups is 3. The number of pyridine rings is 1. The molecular weight excluding hydrogens is 422 g/mol. The molecule has 0 unspecified atom stereocenters. The van der Waals surface area contributed by atoms with E-state index >= 15 is 0 Å². The summed E-state index contributed by atoms with van der Waals surface area (Å²) in [5, 5.41) is 5.12. The van der Waals surface area contributed by atoms with Crippen molar-refractivity contribution in [3.8, 4) is 0 Å². The summed E-state index contributed by atoms with van der Waals surface area (Å²) in [6.45, 7) is 11.2. The largest absolute Gasteiger partial charge is 0.466 e. The second-order valence-corrected chi connectivity index (χ2v) is 9.24. The summed E-state index contributed by atoms with van der Waals surface area (Å²) in [6, 6.07) is 1.92. The molecular formula is C24H35N5O4. The molecule has 0 atom stereocenters. The maximum atomic E-state index is 13.4. The lowest BCUT2D eigenvalue weighted by molar-refractivity contribution is -0.151. The predicted molar refractivity (Wildman–Crippen MR) is 125 cm³/mol. The lowest BCUT2D eigenvalue weighted by Crippen LogP contribution is -2.45. The second-order valence-electron chi connectivity index (χ2n) is 9.24. The van der Waals surface area contributed by atoms with Crippen molar-refractivity contribution in [2.24, 2.45) is 5.92 Å². The average Bonchev–Trinajstić information content (AvgIpc) is 3.22. The number of esters is 1. The molecule has 2 aromatic rings. The summed E-state index contributed by atoms with van der Waals surface area (Å²) in [5.74, 6) is -0.571. The number of likely N-dealkylation sites (N-methyl/N-ethyl adjacent to an activating group) is 1. The number of fused-ring (bicyclic) bond motifs is 1. The molecule has 9 nitrogen and oxygen atoms in total. The van der Waals surface area contributed by atoms with Gasteiger partial charge in [-0.05, 0) is 45.6 Å². The Kier molecular flexibility index (Phi) is 7.71. The van der Waals surface area contributed by atoms with Crippen molar-refractivity contribution in [2.75, 3.05) is 33.3 Å². The zero-order chi connectivity index (χ0) is 24.3. The quantitative estimate of drug-likeness (QED) is 0.593. The minimum Gasteiger partial charge on any atom is -0.466 e. The highest BCUT2D eigenvalue weighted by Gasteiger charge is 2.29. The lowest BCUT2D eigenvalue weighted by Gasteiger charge is -2.32. The molecule has 1 aliphatic rings. The molecule has 180 valence electrons. The summed E-state index contributed by atoms with van der Waals surface area (Å²) in [5.41, 5.74) is 2.00. The van der Waals surface area contributed by atoms with E-state index in [1.54, 1.807) is 25.1 Å². The molecule has 0 aromatic carbocycles. The van der Waals surface area contributed by atoms with Gasteiger partial charge in [-0.3, -0.25) is 14.4 Å². The van der Waals surface area contributed by atoms with Crippen molar-refractivity contribution in [1.82, 2.24) is 24.6 Å². The molecule has 33 heavy (non-hydrogen) atoms. The minimum atomic E-state index is -0.234. The fourth-order valence-electron chi connectivity index (χ4n) is 4.09. The molecule has 0 aliphatic carbocycles. The molecule has 1 aliphatic heterocycles. The molecule has 2 amide bonds. The van der Waals surface area contributed by atoms with Crippen LogP contribution in [0.15, 0.2) is 12.3 Å². The normalized spacial score (nSPS) is 14.8. The highest BCUT2D eigenvalue weighted by atomic mass is 16.5. The second kappa shape index (κ2) is 10.3.